The third kappa shape index (κ3) is 5.04. The topological polar surface area (TPSA) is 78.0 Å². The van der Waals surface area contributed by atoms with Crippen molar-refractivity contribution < 1.29 is 16.8 Å². The van der Waals surface area contributed by atoms with Crippen LogP contribution in [0.2, 0.25) is 0 Å². The predicted molar refractivity (Wildman–Crippen MR) is 103 cm³/mol. The van der Waals surface area contributed by atoms with Gasteiger partial charge in [-0.2, -0.15) is 4.31 Å². The summed E-state index contributed by atoms with van der Waals surface area (Å²) in [7, 11) is -3.59. The van der Waals surface area contributed by atoms with Crippen LogP contribution in [-0.4, -0.2) is 82.9 Å². The molecule has 0 aliphatic carbocycles. The van der Waals surface area contributed by atoms with Gasteiger partial charge in [0.2, 0.25) is 20.0 Å². The molecule has 26 heavy (non-hydrogen) atoms. The van der Waals surface area contributed by atoms with Crippen molar-refractivity contribution in [3.8, 4) is 0 Å². The van der Waals surface area contributed by atoms with E-state index in [1.807, 2.05) is 26.0 Å². The lowest BCUT2D eigenvalue weighted by Crippen LogP contribution is -2.49. The Morgan fingerprint density at radius 3 is 2.15 bits per heavy atom. The average molecular weight is 404 g/mol. The van der Waals surface area contributed by atoms with Crippen molar-refractivity contribution in [1.82, 2.24) is 13.5 Å². The summed E-state index contributed by atoms with van der Waals surface area (Å²) < 4.78 is 52.1. The molecule has 1 aliphatic rings. The van der Waals surface area contributed by atoms with E-state index in [1.54, 1.807) is 6.07 Å². The van der Waals surface area contributed by atoms with E-state index in [2.05, 4.69) is 4.90 Å². The molecule has 0 N–H and O–H groups in total. The van der Waals surface area contributed by atoms with Crippen molar-refractivity contribution in [3.05, 3.63) is 29.3 Å². The van der Waals surface area contributed by atoms with Gasteiger partial charge >= 0.3 is 0 Å². The minimum atomic E-state index is -3.48. The van der Waals surface area contributed by atoms with Crippen molar-refractivity contribution >= 4 is 20.0 Å². The van der Waals surface area contributed by atoms with Crippen LogP contribution in [0.1, 0.15) is 17.5 Å². The highest BCUT2D eigenvalue weighted by atomic mass is 32.2. The Labute approximate surface area is 157 Å². The van der Waals surface area contributed by atoms with E-state index in [0.717, 1.165) is 11.1 Å². The highest BCUT2D eigenvalue weighted by molar-refractivity contribution is 7.89. The number of hydrogen-bond acceptors (Lipinski definition) is 5. The predicted octanol–water partition coefficient (Wildman–Crippen LogP) is 0.891. The molecule has 0 bridgehead atoms. The summed E-state index contributed by atoms with van der Waals surface area (Å²) >= 11 is 0. The number of nitrogens with zero attached hydrogens (tertiary/aromatic N) is 3. The second-order valence-electron chi connectivity index (χ2n) is 6.97. The Kier molecular flexibility index (Phi) is 6.84. The van der Waals surface area contributed by atoms with E-state index in [0.29, 0.717) is 44.0 Å². The van der Waals surface area contributed by atoms with Gasteiger partial charge in [-0.3, -0.25) is 0 Å². The van der Waals surface area contributed by atoms with Gasteiger partial charge in [0.1, 0.15) is 0 Å². The van der Waals surface area contributed by atoms with E-state index < -0.39 is 20.0 Å². The molecular formula is C17H29N3O4S2. The number of piperazine rings is 1. The smallest absolute Gasteiger partial charge is 0.243 e. The van der Waals surface area contributed by atoms with E-state index >= 15 is 0 Å². The van der Waals surface area contributed by atoms with Gasteiger partial charge in [0.15, 0.2) is 0 Å². The third-order valence-corrected chi connectivity index (χ3v) is 8.69. The molecule has 2 rings (SSSR count). The third-order valence-electron chi connectivity index (χ3n) is 4.71. The first-order valence-electron chi connectivity index (χ1n) is 8.74. The maximum Gasteiger partial charge on any atom is 0.243 e. The molecule has 0 unspecified atom stereocenters. The molecular weight excluding hydrogens is 374 g/mol. The van der Waals surface area contributed by atoms with Gasteiger partial charge in [-0.1, -0.05) is 17.7 Å². The lowest BCUT2D eigenvalue weighted by molar-refractivity contribution is 0.189. The van der Waals surface area contributed by atoms with E-state index in [4.69, 9.17) is 0 Å². The number of benzene rings is 1. The first-order valence-corrected chi connectivity index (χ1v) is 11.8. The molecule has 0 saturated carbocycles. The van der Waals surface area contributed by atoms with E-state index in [9.17, 15) is 16.8 Å². The van der Waals surface area contributed by atoms with Crippen molar-refractivity contribution in [2.45, 2.75) is 25.2 Å². The summed E-state index contributed by atoms with van der Waals surface area (Å²) in [5.74, 6) is 0.112. The number of hydrogen-bond donors (Lipinski definition) is 0. The first kappa shape index (κ1) is 21.3. The second kappa shape index (κ2) is 8.35. The van der Waals surface area contributed by atoms with Crippen LogP contribution in [0.15, 0.2) is 23.1 Å². The molecule has 7 nitrogen and oxygen atoms in total. The molecule has 148 valence electrons. The van der Waals surface area contributed by atoms with Gasteiger partial charge in [0, 0.05) is 40.3 Å². The molecule has 0 aromatic heterocycles. The minimum Gasteiger partial charge on any atom is -0.301 e. The van der Waals surface area contributed by atoms with E-state index in [1.165, 1.54) is 22.7 Å². The fraction of sp³-hybridized carbons (Fsp3) is 0.647. The molecule has 1 aromatic carbocycles. The summed E-state index contributed by atoms with van der Waals surface area (Å²) in [4.78, 5) is 2.49. The normalized spacial score (nSPS) is 17.7. The lowest BCUT2D eigenvalue weighted by atomic mass is 10.2. The van der Waals surface area contributed by atoms with Gasteiger partial charge in [-0.25, -0.2) is 21.1 Å². The quantitative estimate of drug-likeness (QED) is 0.676. The highest BCUT2D eigenvalue weighted by Crippen LogP contribution is 2.22. The SMILES string of the molecule is Cc1ccc(S(=O)(=O)N2CCN(CCCS(=O)(=O)N(C)C)CC2)c(C)c1. The van der Waals surface area contributed by atoms with Crippen molar-refractivity contribution in [1.29, 1.82) is 0 Å². The Morgan fingerprint density at radius 1 is 1.00 bits per heavy atom. The van der Waals surface area contributed by atoms with Crippen LogP contribution in [0, 0.1) is 13.8 Å². The zero-order valence-electron chi connectivity index (χ0n) is 16.0. The fourth-order valence-electron chi connectivity index (χ4n) is 3.07. The van der Waals surface area contributed by atoms with Gasteiger partial charge in [-0.15, -0.1) is 0 Å². The number of rotatable bonds is 7. The standard InChI is InChI=1S/C17H29N3O4S2/c1-15-6-7-17(16(2)14-15)26(23,24)20-11-9-19(10-12-20)8-5-13-25(21,22)18(3)4/h6-7,14H,5,8-13H2,1-4H3. The maximum atomic E-state index is 12.9. The average Bonchev–Trinajstić information content (AvgIpc) is 2.54. The number of sulfonamides is 2. The summed E-state index contributed by atoms with van der Waals surface area (Å²) in [6.07, 6.45) is 0.546. The molecule has 0 spiro atoms. The fourth-order valence-corrected chi connectivity index (χ4v) is 5.56. The first-order chi connectivity index (χ1) is 12.0. The van der Waals surface area contributed by atoms with Crippen LogP contribution >= 0.6 is 0 Å². The van der Waals surface area contributed by atoms with Gasteiger partial charge < -0.3 is 4.90 Å². The number of aryl methyl sites for hydroxylation is 2. The summed E-state index contributed by atoms with van der Waals surface area (Å²) in [5, 5.41) is 0. The van der Waals surface area contributed by atoms with Crippen molar-refractivity contribution in [3.63, 3.8) is 0 Å². The van der Waals surface area contributed by atoms with Crippen LogP contribution in [0.25, 0.3) is 0 Å². The largest absolute Gasteiger partial charge is 0.301 e. The van der Waals surface area contributed by atoms with Crippen LogP contribution in [0.3, 0.4) is 0 Å². The van der Waals surface area contributed by atoms with Gasteiger partial charge in [0.05, 0.1) is 10.6 Å². The minimum absolute atomic E-state index is 0.112. The van der Waals surface area contributed by atoms with Crippen molar-refractivity contribution in [2.75, 3.05) is 52.6 Å². The maximum absolute atomic E-state index is 12.9. The summed E-state index contributed by atoms with van der Waals surface area (Å²) in [5.41, 5.74) is 1.81. The molecule has 0 amide bonds. The molecule has 0 atom stereocenters. The summed E-state index contributed by atoms with van der Waals surface area (Å²) in [6.45, 7) is 6.51. The Hall–Kier alpha value is -1.00. The van der Waals surface area contributed by atoms with Gasteiger partial charge in [0.25, 0.3) is 0 Å². The molecule has 0 radical (unpaired) electrons. The Bertz CT molecular complexity index is 828. The van der Waals surface area contributed by atoms with Crippen LogP contribution in [0.5, 0.6) is 0 Å². The van der Waals surface area contributed by atoms with Crippen molar-refractivity contribution in [2.24, 2.45) is 0 Å². The molecule has 9 heteroatoms. The highest BCUT2D eigenvalue weighted by Gasteiger charge is 2.29. The van der Waals surface area contributed by atoms with Crippen LogP contribution in [0.4, 0.5) is 0 Å². The second-order valence-corrected chi connectivity index (χ2v) is 11.2. The van der Waals surface area contributed by atoms with Crippen LogP contribution < -0.4 is 0 Å². The molecule has 1 aliphatic heterocycles. The van der Waals surface area contributed by atoms with Crippen LogP contribution in [-0.2, 0) is 20.0 Å². The Morgan fingerprint density at radius 2 is 1.62 bits per heavy atom. The molecule has 1 heterocycles. The van der Waals surface area contributed by atoms with Gasteiger partial charge in [-0.05, 0) is 38.4 Å². The molecule has 1 fully saturated rings. The molecule has 1 aromatic rings. The zero-order chi connectivity index (χ0) is 19.5. The molecule has 1 saturated heterocycles. The lowest BCUT2D eigenvalue weighted by Gasteiger charge is -2.34. The zero-order valence-corrected chi connectivity index (χ0v) is 17.6. The summed E-state index contributed by atoms with van der Waals surface area (Å²) in [6, 6.07) is 5.38. The van der Waals surface area contributed by atoms with E-state index in [-0.39, 0.29) is 5.75 Å². The Balaban J connectivity index is 1.91. The monoisotopic (exact) mass is 403 g/mol.